The van der Waals surface area contributed by atoms with Gasteiger partial charge in [-0.2, -0.15) is 5.10 Å². The second kappa shape index (κ2) is 5.42. The van der Waals surface area contributed by atoms with Crippen molar-refractivity contribution in [2.45, 2.75) is 15.1 Å². The van der Waals surface area contributed by atoms with E-state index >= 15 is 0 Å². The van der Waals surface area contributed by atoms with Crippen molar-refractivity contribution in [1.29, 1.82) is 0 Å². The summed E-state index contributed by atoms with van der Waals surface area (Å²) in [6.07, 6.45) is 5.75. The maximum atomic E-state index is 4.44. The van der Waals surface area contributed by atoms with Crippen molar-refractivity contribution in [2.24, 2.45) is 7.05 Å². The van der Waals surface area contributed by atoms with E-state index in [1.54, 1.807) is 16.4 Å². The number of anilines is 1. The smallest absolute Gasteiger partial charge is 0.190 e. The topological polar surface area (TPSA) is 55.6 Å². The van der Waals surface area contributed by atoms with Crippen molar-refractivity contribution in [2.75, 3.05) is 18.6 Å². The largest absolute Gasteiger partial charge is 0.373 e. The van der Waals surface area contributed by atoms with Gasteiger partial charge in [-0.15, -0.1) is 0 Å². The third kappa shape index (κ3) is 3.13. The van der Waals surface area contributed by atoms with Crippen LogP contribution in [0.3, 0.4) is 0 Å². The summed E-state index contributed by atoms with van der Waals surface area (Å²) in [4.78, 5) is 9.84. The van der Waals surface area contributed by atoms with E-state index < -0.39 is 0 Å². The first-order chi connectivity index (χ1) is 8.21. The van der Waals surface area contributed by atoms with E-state index in [0.717, 1.165) is 20.9 Å². The van der Waals surface area contributed by atoms with Crippen LogP contribution >= 0.6 is 23.5 Å². The normalized spacial score (nSPS) is 10.5. The van der Waals surface area contributed by atoms with Gasteiger partial charge in [-0.05, 0) is 6.26 Å². The lowest BCUT2D eigenvalue weighted by atomic mass is 10.6. The van der Waals surface area contributed by atoms with Crippen molar-refractivity contribution >= 4 is 29.3 Å². The van der Waals surface area contributed by atoms with Gasteiger partial charge >= 0.3 is 0 Å². The molecule has 2 aromatic rings. The molecule has 0 spiro atoms. The third-order valence-corrected chi connectivity index (χ3v) is 3.44. The van der Waals surface area contributed by atoms with Crippen LogP contribution in [0.4, 0.5) is 5.82 Å². The molecule has 90 valence electrons. The minimum atomic E-state index is 0.767. The lowest BCUT2D eigenvalue weighted by Crippen LogP contribution is -1.96. The molecule has 17 heavy (non-hydrogen) atoms. The molecule has 5 nitrogen and oxygen atoms in total. The van der Waals surface area contributed by atoms with Gasteiger partial charge in [-0.1, -0.05) is 23.5 Å². The Balaban J connectivity index is 2.25. The Morgan fingerprint density at radius 3 is 2.76 bits per heavy atom. The number of hydrogen-bond acceptors (Lipinski definition) is 6. The molecule has 0 radical (unpaired) electrons. The number of aromatic nitrogens is 4. The summed E-state index contributed by atoms with van der Waals surface area (Å²) in [5, 5.41) is 8.85. The zero-order chi connectivity index (χ0) is 12.3. The molecule has 2 aromatic heterocycles. The summed E-state index contributed by atoms with van der Waals surface area (Å²) in [5.41, 5.74) is 0. The Labute approximate surface area is 108 Å². The molecule has 2 heterocycles. The van der Waals surface area contributed by atoms with Gasteiger partial charge in [0.05, 0.1) is 11.1 Å². The molecule has 7 heteroatoms. The summed E-state index contributed by atoms with van der Waals surface area (Å²) in [6.45, 7) is 0. The Morgan fingerprint density at radius 2 is 2.18 bits per heavy atom. The molecular formula is C10H13N5S2. The number of nitrogens with zero attached hydrogens (tertiary/aromatic N) is 4. The molecule has 0 aliphatic heterocycles. The van der Waals surface area contributed by atoms with Crippen LogP contribution in [-0.4, -0.2) is 33.1 Å². The molecule has 0 atom stereocenters. The average molecular weight is 267 g/mol. The standard InChI is InChI=1S/C10H13N5S2/c1-11-8-4-9(14-10(13-8)16-3)17-7-5-12-15(2)6-7/h4-6H,1-3H3,(H,11,13,14). The van der Waals surface area contributed by atoms with E-state index in [9.17, 15) is 0 Å². The van der Waals surface area contributed by atoms with E-state index in [-0.39, 0.29) is 0 Å². The highest BCUT2D eigenvalue weighted by atomic mass is 32.2. The zero-order valence-electron chi connectivity index (χ0n) is 9.84. The lowest BCUT2D eigenvalue weighted by molar-refractivity contribution is 0.766. The average Bonchev–Trinajstić information content (AvgIpc) is 2.74. The molecule has 0 aliphatic rings. The van der Waals surface area contributed by atoms with E-state index in [0.29, 0.717) is 0 Å². The first kappa shape index (κ1) is 12.3. The molecule has 0 aromatic carbocycles. The Hall–Kier alpha value is -1.21. The molecular weight excluding hydrogens is 254 g/mol. The molecule has 0 amide bonds. The number of hydrogen-bond donors (Lipinski definition) is 1. The third-order valence-electron chi connectivity index (χ3n) is 2.02. The first-order valence-electron chi connectivity index (χ1n) is 4.98. The van der Waals surface area contributed by atoms with Crippen LogP contribution in [0.1, 0.15) is 0 Å². The monoisotopic (exact) mass is 267 g/mol. The number of nitrogens with one attached hydrogen (secondary N) is 1. The maximum Gasteiger partial charge on any atom is 0.190 e. The highest BCUT2D eigenvalue weighted by Crippen LogP contribution is 2.28. The minimum absolute atomic E-state index is 0.767. The highest BCUT2D eigenvalue weighted by molar-refractivity contribution is 7.99. The predicted molar refractivity (Wildman–Crippen MR) is 70.7 cm³/mol. The van der Waals surface area contributed by atoms with Crippen LogP contribution in [0, 0.1) is 0 Å². The van der Waals surface area contributed by atoms with Gasteiger partial charge in [0.2, 0.25) is 0 Å². The van der Waals surface area contributed by atoms with Crippen LogP contribution in [0.25, 0.3) is 0 Å². The molecule has 0 fully saturated rings. The minimum Gasteiger partial charge on any atom is -0.373 e. The molecule has 2 rings (SSSR count). The molecule has 0 unspecified atom stereocenters. The molecule has 0 saturated heterocycles. The summed E-state index contributed by atoms with van der Waals surface area (Å²) in [5.74, 6) is 0.829. The first-order valence-corrected chi connectivity index (χ1v) is 7.02. The second-order valence-electron chi connectivity index (χ2n) is 3.28. The second-order valence-corrected chi connectivity index (χ2v) is 5.15. The van der Waals surface area contributed by atoms with Crippen LogP contribution < -0.4 is 5.32 Å². The van der Waals surface area contributed by atoms with Gasteiger partial charge in [-0.25, -0.2) is 9.97 Å². The molecule has 1 N–H and O–H groups in total. The van der Waals surface area contributed by atoms with Crippen molar-refractivity contribution < 1.29 is 0 Å². The molecule has 0 aliphatic carbocycles. The van der Waals surface area contributed by atoms with E-state index in [4.69, 9.17) is 0 Å². The number of rotatable bonds is 4. The van der Waals surface area contributed by atoms with Gasteiger partial charge in [0.15, 0.2) is 5.16 Å². The van der Waals surface area contributed by atoms with Crippen LogP contribution in [0.2, 0.25) is 0 Å². The quantitative estimate of drug-likeness (QED) is 0.520. The fraction of sp³-hybridized carbons (Fsp3) is 0.300. The Bertz CT molecular complexity index is 489. The Kier molecular flexibility index (Phi) is 3.90. The zero-order valence-corrected chi connectivity index (χ0v) is 11.5. The van der Waals surface area contributed by atoms with Crippen molar-refractivity contribution in [1.82, 2.24) is 19.7 Å². The summed E-state index contributed by atoms with van der Waals surface area (Å²) in [6, 6.07) is 1.93. The van der Waals surface area contributed by atoms with Gasteiger partial charge in [0.1, 0.15) is 10.8 Å². The number of aryl methyl sites for hydroxylation is 1. The summed E-state index contributed by atoms with van der Waals surface area (Å²) >= 11 is 3.11. The van der Waals surface area contributed by atoms with Crippen molar-refractivity contribution in [3.8, 4) is 0 Å². The van der Waals surface area contributed by atoms with Gasteiger partial charge in [-0.3, -0.25) is 4.68 Å². The summed E-state index contributed by atoms with van der Waals surface area (Å²) in [7, 11) is 3.75. The fourth-order valence-electron chi connectivity index (χ4n) is 1.25. The van der Waals surface area contributed by atoms with Crippen molar-refractivity contribution in [3.63, 3.8) is 0 Å². The lowest BCUT2D eigenvalue weighted by Gasteiger charge is -2.04. The molecule has 0 bridgehead atoms. The van der Waals surface area contributed by atoms with Crippen LogP contribution in [0.15, 0.2) is 33.5 Å². The van der Waals surface area contributed by atoms with Crippen LogP contribution in [0.5, 0.6) is 0 Å². The van der Waals surface area contributed by atoms with Crippen LogP contribution in [-0.2, 0) is 7.05 Å². The molecule has 0 saturated carbocycles. The fourth-order valence-corrected chi connectivity index (χ4v) is 2.53. The SMILES string of the molecule is CNc1cc(Sc2cnn(C)c2)nc(SC)n1. The van der Waals surface area contributed by atoms with E-state index in [1.165, 1.54) is 11.8 Å². The van der Waals surface area contributed by atoms with Gasteiger partial charge in [0.25, 0.3) is 0 Å². The van der Waals surface area contributed by atoms with Gasteiger partial charge in [0, 0.05) is 26.4 Å². The predicted octanol–water partition coefficient (Wildman–Crippen LogP) is 2.12. The maximum absolute atomic E-state index is 4.44. The van der Waals surface area contributed by atoms with E-state index in [1.807, 2.05) is 38.8 Å². The van der Waals surface area contributed by atoms with Crippen molar-refractivity contribution in [3.05, 3.63) is 18.5 Å². The Morgan fingerprint density at radius 1 is 1.35 bits per heavy atom. The van der Waals surface area contributed by atoms with E-state index in [2.05, 4.69) is 20.4 Å². The highest BCUT2D eigenvalue weighted by Gasteiger charge is 2.06. The van der Waals surface area contributed by atoms with Gasteiger partial charge < -0.3 is 5.32 Å². The summed E-state index contributed by atoms with van der Waals surface area (Å²) < 4.78 is 1.78. The number of thioether (sulfide) groups is 1.